The van der Waals surface area contributed by atoms with E-state index in [0.717, 1.165) is 10.5 Å². The first kappa shape index (κ1) is 12.7. The number of carbonyl (C=O) groups excluding carboxylic acids is 1. The van der Waals surface area contributed by atoms with Gasteiger partial charge in [0.1, 0.15) is 0 Å². The van der Waals surface area contributed by atoms with E-state index < -0.39 is 5.97 Å². The molecule has 0 saturated carbocycles. The van der Waals surface area contributed by atoms with Gasteiger partial charge >= 0.3 is 5.97 Å². The number of hydrogen-bond donors (Lipinski definition) is 0. The van der Waals surface area contributed by atoms with E-state index in [4.69, 9.17) is 4.74 Å². The summed E-state index contributed by atoms with van der Waals surface area (Å²) >= 11 is 1.45. The minimum atomic E-state index is -0.410. The minimum absolute atomic E-state index is 0.331. The molecule has 0 fully saturated rings. The summed E-state index contributed by atoms with van der Waals surface area (Å²) in [5.41, 5.74) is 1.13. The van der Waals surface area contributed by atoms with Gasteiger partial charge in [0.05, 0.1) is 0 Å². The zero-order chi connectivity index (χ0) is 13.8. The average molecular weight is 281 g/mol. The van der Waals surface area contributed by atoms with E-state index in [1.165, 1.54) is 11.8 Å². The molecule has 0 aliphatic carbocycles. The molecule has 0 N–H and O–H groups in total. The summed E-state index contributed by atoms with van der Waals surface area (Å²) in [5, 5.41) is 1.72. The lowest BCUT2D eigenvalue weighted by atomic mass is 10.2. The van der Waals surface area contributed by atoms with Gasteiger partial charge in [-0.3, -0.25) is 0 Å². The third-order valence-corrected chi connectivity index (χ3v) is 3.58. The van der Waals surface area contributed by atoms with Gasteiger partial charge in [0.2, 0.25) is 5.90 Å². The number of aliphatic imine (C=N–C) groups is 1. The summed E-state index contributed by atoms with van der Waals surface area (Å²) in [6.07, 6.45) is 0. The molecule has 98 valence electrons. The lowest BCUT2D eigenvalue weighted by Crippen LogP contribution is -2.04. The summed E-state index contributed by atoms with van der Waals surface area (Å²) in [4.78, 5) is 17.1. The van der Waals surface area contributed by atoms with E-state index in [1.807, 2.05) is 60.7 Å². The standard InChI is InChI=1S/C16H11NO2S/c18-16-14(11-20-13-9-5-2-6-10-13)17-15(19-16)12-7-3-1-4-8-12/h1-11H. The lowest BCUT2D eigenvalue weighted by Gasteiger charge is -1.97. The Labute approximate surface area is 121 Å². The molecule has 0 amide bonds. The predicted octanol–water partition coefficient (Wildman–Crippen LogP) is 3.62. The second-order valence-electron chi connectivity index (χ2n) is 4.11. The number of rotatable bonds is 3. The van der Waals surface area contributed by atoms with Crippen molar-refractivity contribution in [2.24, 2.45) is 4.99 Å². The van der Waals surface area contributed by atoms with Crippen molar-refractivity contribution in [2.75, 3.05) is 0 Å². The molecule has 0 spiro atoms. The van der Waals surface area contributed by atoms with E-state index in [2.05, 4.69) is 4.99 Å². The molecule has 3 rings (SSSR count). The van der Waals surface area contributed by atoms with Gasteiger partial charge in [0, 0.05) is 15.9 Å². The van der Waals surface area contributed by atoms with Crippen LogP contribution in [-0.2, 0) is 9.53 Å². The largest absolute Gasteiger partial charge is 0.402 e. The van der Waals surface area contributed by atoms with Crippen LogP contribution in [0.3, 0.4) is 0 Å². The first-order valence-electron chi connectivity index (χ1n) is 6.11. The summed E-state index contributed by atoms with van der Waals surface area (Å²) in [7, 11) is 0. The van der Waals surface area contributed by atoms with Crippen LogP contribution in [0.2, 0.25) is 0 Å². The Kier molecular flexibility index (Phi) is 3.65. The second kappa shape index (κ2) is 5.75. The maximum atomic E-state index is 11.8. The highest BCUT2D eigenvalue weighted by Crippen LogP contribution is 2.24. The summed E-state index contributed by atoms with van der Waals surface area (Å²) < 4.78 is 5.18. The van der Waals surface area contributed by atoms with Gasteiger partial charge in [-0.2, -0.15) is 0 Å². The van der Waals surface area contributed by atoms with Crippen LogP contribution < -0.4 is 0 Å². The van der Waals surface area contributed by atoms with Gasteiger partial charge in [0.15, 0.2) is 5.70 Å². The van der Waals surface area contributed by atoms with Crippen LogP contribution in [0.1, 0.15) is 5.56 Å². The van der Waals surface area contributed by atoms with Crippen molar-refractivity contribution >= 4 is 23.6 Å². The van der Waals surface area contributed by atoms with Crippen LogP contribution in [0.5, 0.6) is 0 Å². The van der Waals surface area contributed by atoms with Crippen LogP contribution in [0.4, 0.5) is 0 Å². The first-order chi connectivity index (χ1) is 9.83. The highest BCUT2D eigenvalue weighted by Gasteiger charge is 2.23. The van der Waals surface area contributed by atoms with Crippen LogP contribution in [0.25, 0.3) is 0 Å². The Balaban J connectivity index is 1.80. The normalized spacial score (nSPS) is 16.1. The molecule has 0 aromatic heterocycles. The van der Waals surface area contributed by atoms with Gasteiger partial charge in [0.25, 0.3) is 0 Å². The number of carbonyl (C=O) groups is 1. The van der Waals surface area contributed by atoms with Gasteiger partial charge in [-0.05, 0) is 24.3 Å². The van der Waals surface area contributed by atoms with Gasteiger partial charge in [-0.15, -0.1) is 0 Å². The lowest BCUT2D eigenvalue weighted by molar-refractivity contribution is -0.130. The zero-order valence-electron chi connectivity index (χ0n) is 10.5. The van der Waals surface area contributed by atoms with Crippen LogP contribution in [0.15, 0.2) is 81.7 Å². The van der Waals surface area contributed by atoms with Crippen molar-refractivity contribution in [1.29, 1.82) is 0 Å². The molecule has 1 aliphatic rings. The Morgan fingerprint density at radius 1 is 0.950 bits per heavy atom. The van der Waals surface area contributed by atoms with Crippen LogP contribution in [-0.4, -0.2) is 11.9 Å². The third-order valence-electron chi connectivity index (χ3n) is 2.69. The summed E-state index contributed by atoms with van der Waals surface area (Å²) in [6, 6.07) is 19.2. The number of benzene rings is 2. The quantitative estimate of drug-likeness (QED) is 0.490. The molecule has 0 atom stereocenters. The van der Waals surface area contributed by atoms with E-state index in [-0.39, 0.29) is 0 Å². The number of ether oxygens (including phenoxy) is 1. The Morgan fingerprint density at radius 2 is 1.60 bits per heavy atom. The van der Waals surface area contributed by atoms with E-state index in [9.17, 15) is 4.79 Å². The first-order valence-corrected chi connectivity index (χ1v) is 6.99. The van der Waals surface area contributed by atoms with Gasteiger partial charge < -0.3 is 4.74 Å². The average Bonchev–Trinajstić information content (AvgIpc) is 2.88. The van der Waals surface area contributed by atoms with Crippen molar-refractivity contribution in [3.05, 3.63) is 77.3 Å². The molecule has 2 aromatic carbocycles. The molecule has 3 nitrogen and oxygen atoms in total. The second-order valence-corrected chi connectivity index (χ2v) is 5.05. The maximum absolute atomic E-state index is 11.8. The molecule has 0 bridgehead atoms. The molecule has 1 aliphatic heterocycles. The number of esters is 1. The molecule has 0 radical (unpaired) electrons. The number of cyclic esters (lactones) is 1. The monoisotopic (exact) mass is 281 g/mol. The molecular weight excluding hydrogens is 270 g/mol. The SMILES string of the molecule is O=C1OC(c2ccccc2)=NC1=CSc1ccccc1. The molecular formula is C16H11NO2S. The molecule has 20 heavy (non-hydrogen) atoms. The van der Waals surface area contributed by atoms with Crippen molar-refractivity contribution in [1.82, 2.24) is 0 Å². The van der Waals surface area contributed by atoms with Crippen molar-refractivity contribution < 1.29 is 9.53 Å². The number of thioether (sulfide) groups is 1. The number of hydrogen-bond acceptors (Lipinski definition) is 4. The predicted molar refractivity (Wildman–Crippen MR) is 79.5 cm³/mol. The topological polar surface area (TPSA) is 38.7 Å². The van der Waals surface area contributed by atoms with E-state index in [0.29, 0.717) is 11.6 Å². The molecule has 0 unspecified atom stereocenters. The molecule has 1 heterocycles. The van der Waals surface area contributed by atoms with Crippen molar-refractivity contribution in [2.45, 2.75) is 4.90 Å². The smallest absolute Gasteiger partial charge is 0.364 e. The Morgan fingerprint density at radius 3 is 2.30 bits per heavy atom. The highest BCUT2D eigenvalue weighted by molar-refractivity contribution is 8.02. The fourth-order valence-electron chi connectivity index (χ4n) is 1.72. The molecule has 0 saturated heterocycles. The Hall–Kier alpha value is -2.33. The summed E-state index contributed by atoms with van der Waals surface area (Å²) in [6.45, 7) is 0. The van der Waals surface area contributed by atoms with Gasteiger partial charge in [-0.1, -0.05) is 48.2 Å². The fraction of sp³-hybridized carbons (Fsp3) is 0. The fourth-order valence-corrected chi connectivity index (χ4v) is 2.43. The van der Waals surface area contributed by atoms with Crippen LogP contribution in [0, 0.1) is 0 Å². The van der Waals surface area contributed by atoms with Gasteiger partial charge in [-0.25, -0.2) is 9.79 Å². The molecule has 2 aromatic rings. The number of nitrogens with zero attached hydrogens (tertiary/aromatic N) is 1. The Bertz CT molecular complexity index is 678. The maximum Gasteiger partial charge on any atom is 0.364 e. The minimum Gasteiger partial charge on any atom is -0.402 e. The third kappa shape index (κ3) is 2.81. The summed E-state index contributed by atoms with van der Waals surface area (Å²) in [5.74, 6) is -0.0530. The van der Waals surface area contributed by atoms with E-state index >= 15 is 0 Å². The van der Waals surface area contributed by atoms with Crippen molar-refractivity contribution in [3.63, 3.8) is 0 Å². The molecule has 4 heteroatoms. The zero-order valence-corrected chi connectivity index (χ0v) is 11.3. The van der Waals surface area contributed by atoms with E-state index in [1.54, 1.807) is 5.41 Å². The van der Waals surface area contributed by atoms with Crippen LogP contribution >= 0.6 is 11.8 Å². The highest BCUT2D eigenvalue weighted by atomic mass is 32.2. The van der Waals surface area contributed by atoms with Crippen molar-refractivity contribution in [3.8, 4) is 0 Å².